The summed E-state index contributed by atoms with van der Waals surface area (Å²) in [6.07, 6.45) is 0.457. The van der Waals surface area contributed by atoms with Gasteiger partial charge in [0.2, 0.25) is 5.91 Å². The molecular formula is C8H17NO3. The van der Waals surface area contributed by atoms with Crippen molar-refractivity contribution in [1.29, 1.82) is 0 Å². The zero-order valence-corrected chi connectivity index (χ0v) is 8.16. The van der Waals surface area contributed by atoms with Gasteiger partial charge in [-0.2, -0.15) is 0 Å². The van der Waals surface area contributed by atoms with Gasteiger partial charge in [-0.1, -0.05) is 6.92 Å². The van der Waals surface area contributed by atoms with Crippen molar-refractivity contribution in [2.45, 2.75) is 13.3 Å². The maximum absolute atomic E-state index is 11.2. The molecule has 0 saturated carbocycles. The van der Waals surface area contributed by atoms with Crippen LogP contribution in [-0.4, -0.2) is 38.8 Å². The second kappa shape index (κ2) is 5.97. The lowest BCUT2D eigenvalue weighted by molar-refractivity contribution is -0.169. The SMILES string of the molecule is COCC(C)CC(=O)N(C)OC. The fourth-order valence-corrected chi connectivity index (χ4v) is 0.872. The topological polar surface area (TPSA) is 38.8 Å². The Morgan fingerprint density at radius 2 is 2.08 bits per heavy atom. The second-order valence-corrected chi connectivity index (χ2v) is 2.84. The predicted octanol–water partition coefficient (Wildman–Crippen LogP) is 0.679. The molecule has 72 valence electrons. The number of rotatable bonds is 5. The number of amides is 1. The van der Waals surface area contributed by atoms with Crippen LogP contribution in [0, 0.1) is 5.92 Å². The van der Waals surface area contributed by atoms with Gasteiger partial charge in [0.05, 0.1) is 7.11 Å². The molecule has 0 aromatic rings. The average molecular weight is 175 g/mol. The summed E-state index contributed by atoms with van der Waals surface area (Å²) in [5.41, 5.74) is 0. The van der Waals surface area contributed by atoms with E-state index in [1.165, 1.54) is 12.2 Å². The molecule has 0 fully saturated rings. The minimum Gasteiger partial charge on any atom is -0.384 e. The number of nitrogens with zero attached hydrogens (tertiary/aromatic N) is 1. The average Bonchev–Trinajstić information content (AvgIpc) is 2.03. The molecule has 0 saturated heterocycles. The van der Waals surface area contributed by atoms with Crippen molar-refractivity contribution in [2.24, 2.45) is 5.92 Å². The summed E-state index contributed by atoms with van der Waals surface area (Å²) in [7, 11) is 4.70. The summed E-state index contributed by atoms with van der Waals surface area (Å²) in [6, 6.07) is 0. The van der Waals surface area contributed by atoms with Crippen LogP contribution in [0.1, 0.15) is 13.3 Å². The third-order valence-electron chi connectivity index (χ3n) is 1.60. The normalized spacial score (nSPS) is 12.7. The molecule has 12 heavy (non-hydrogen) atoms. The first-order valence-corrected chi connectivity index (χ1v) is 3.91. The van der Waals surface area contributed by atoms with E-state index in [1.54, 1.807) is 14.2 Å². The van der Waals surface area contributed by atoms with E-state index in [1.807, 2.05) is 6.92 Å². The number of hydroxylamine groups is 2. The van der Waals surface area contributed by atoms with Crippen molar-refractivity contribution in [3.63, 3.8) is 0 Å². The monoisotopic (exact) mass is 175 g/mol. The van der Waals surface area contributed by atoms with Gasteiger partial charge in [-0.05, 0) is 5.92 Å². The van der Waals surface area contributed by atoms with Crippen molar-refractivity contribution in [3.05, 3.63) is 0 Å². The van der Waals surface area contributed by atoms with Crippen LogP contribution < -0.4 is 0 Å². The van der Waals surface area contributed by atoms with Crippen LogP contribution >= 0.6 is 0 Å². The number of hydrogen-bond donors (Lipinski definition) is 0. The highest BCUT2D eigenvalue weighted by Gasteiger charge is 2.12. The zero-order chi connectivity index (χ0) is 9.56. The molecule has 0 aromatic heterocycles. The van der Waals surface area contributed by atoms with Crippen molar-refractivity contribution in [3.8, 4) is 0 Å². The van der Waals surface area contributed by atoms with Gasteiger partial charge in [0.25, 0.3) is 0 Å². The number of carbonyl (C=O) groups excluding carboxylic acids is 1. The number of hydrogen-bond acceptors (Lipinski definition) is 3. The maximum atomic E-state index is 11.2. The van der Waals surface area contributed by atoms with E-state index in [-0.39, 0.29) is 11.8 Å². The van der Waals surface area contributed by atoms with Crippen LogP contribution in [0.2, 0.25) is 0 Å². The van der Waals surface area contributed by atoms with Crippen LogP contribution in [-0.2, 0) is 14.4 Å². The minimum atomic E-state index is -0.0259. The van der Waals surface area contributed by atoms with E-state index in [2.05, 4.69) is 0 Å². The molecule has 0 aliphatic heterocycles. The smallest absolute Gasteiger partial charge is 0.246 e. The van der Waals surface area contributed by atoms with E-state index in [0.29, 0.717) is 13.0 Å². The summed E-state index contributed by atoms with van der Waals surface area (Å²) in [5.74, 6) is 0.210. The largest absolute Gasteiger partial charge is 0.384 e. The van der Waals surface area contributed by atoms with E-state index in [9.17, 15) is 4.79 Å². The predicted molar refractivity (Wildman–Crippen MR) is 45.4 cm³/mol. The van der Waals surface area contributed by atoms with E-state index < -0.39 is 0 Å². The maximum Gasteiger partial charge on any atom is 0.246 e. The summed E-state index contributed by atoms with van der Waals surface area (Å²) < 4.78 is 4.91. The standard InChI is InChI=1S/C8H17NO3/c1-7(6-11-3)5-8(10)9(2)12-4/h7H,5-6H2,1-4H3. The fourth-order valence-electron chi connectivity index (χ4n) is 0.872. The van der Waals surface area contributed by atoms with Gasteiger partial charge in [-0.3, -0.25) is 9.63 Å². The molecule has 0 N–H and O–H groups in total. The molecule has 4 nitrogen and oxygen atoms in total. The molecule has 0 aromatic carbocycles. The fraction of sp³-hybridized carbons (Fsp3) is 0.875. The van der Waals surface area contributed by atoms with Gasteiger partial charge in [0.15, 0.2) is 0 Å². The van der Waals surface area contributed by atoms with Gasteiger partial charge in [0.1, 0.15) is 0 Å². The molecule has 1 atom stereocenters. The van der Waals surface area contributed by atoms with E-state index in [0.717, 1.165) is 0 Å². The third-order valence-corrected chi connectivity index (χ3v) is 1.60. The molecule has 0 aliphatic carbocycles. The highest BCUT2D eigenvalue weighted by molar-refractivity contribution is 5.74. The van der Waals surface area contributed by atoms with Gasteiger partial charge in [0, 0.05) is 27.2 Å². The molecule has 0 heterocycles. The van der Waals surface area contributed by atoms with Gasteiger partial charge in [-0.25, -0.2) is 5.06 Å². The Kier molecular flexibility index (Phi) is 5.66. The molecule has 0 bridgehead atoms. The number of ether oxygens (including phenoxy) is 1. The molecule has 1 unspecified atom stereocenters. The second-order valence-electron chi connectivity index (χ2n) is 2.84. The first-order valence-electron chi connectivity index (χ1n) is 3.91. The Morgan fingerprint density at radius 3 is 2.50 bits per heavy atom. The minimum absolute atomic E-state index is 0.0259. The summed E-state index contributed by atoms with van der Waals surface area (Å²) in [5, 5.41) is 1.23. The number of carbonyl (C=O) groups is 1. The molecule has 0 rings (SSSR count). The summed E-state index contributed by atoms with van der Waals surface area (Å²) in [4.78, 5) is 15.9. The van der Waals surface area contributed by atoms with E-state index >= 15 is 0 Å². The molecule has 0 aliphatic rings. The third kappa shape index (κ3) is 4.31. The van der Waals surface area contributed by atoms with Gasteiger partial charge >= 0.3 is 0 Å². The molecule has 0 spiro atoms. The first-order chi connectivity index (χ1) is 5.61. The van der Waals surface area contributed by atoms with Crippen molar-refractivity contribution in [1.82, 2.24) is 5.06 Å². The van der Waals surface area contributed by atoms with Crippen molar-refractivity contribution < 1.29 is 14.4 Å². The lowest BCUT2D eigenvalue weighted by Gasteiger charge is -2.16. The quantitative estimate of drug-likeness (QED) is 0.577. The highest BCUT2D eigenvalue weighted by atomic mass is 16.7. The van der Waals surface area contributed by atoms with Crippen molar-refractivity contribution in [2.75, 3.05) is 27.9 Å². The highest BCUT2D eigenvalue weighted by Crippen LogP contribution is 2.04. The van der Waals surface area contributed by atoms with Gasteiger partial charge in [-0.15, -0.1) is 0 Å². The lowest BCUT2D eigenvalue weighted by Crippen LogP contribution is -2.27. The first kappa shape index (κ1) is 11.4. The Balaban J connectivity index is 3.67. The molecule has 0 radical (unpaired) electrons. The van der Waals surface area contributed by atoms with Crippen LogP contribution in [0.3, 0.4) is 0 Å². The summed E-state index contributed by atoms with van der Waals surface area (Å²) in [6.45, 7) is 2.56. The van der Waals surface area contributed by atoms with Crippen LogP contribution in [0.5, 0.6) is 0 Å². The Labute approximate surface area is 73.4 Å². The lowest BCUT2D eigenvalue weighted by atomic mass is 10.1. The van der Waals surface area contributed by atoms with E-state index in [4.69, 9.17) is 9.57 Å². The van der Waals surface area contributed by atoms with Crippen LogP contribution in [0.25, 0.3) is 0 Å². The molecule has 1 amide bonds. The van der Waals surface area contributed by atoms with Crippen LogP contribution in [0.4, 0.5) is 0 Å². The summed E-state index contributed by atoms with van der Waals surface area (Å²) >= 11 is 0. The molecular weight excluding hydrogens is 158 g/mol. The zero-order valence-electron chi connectivity index (χ0n) is 8.16. The number of methoxy groups -OCH3 is 1. The Morgan fingerprint density at radius 1 is 1.50 bits per heavy atom. The van der Waals surface area contributed by atoms with Gasteiger partial charge < -0.3 is 4.74 Å². The Hall–Kier alpha value is -0.610. The Bertz CT molecular complexity index is 138. The molecule has 4 heteroatoms. The van der Waals surface area contributed by atoms with Crippen LogP contribution in [0.15, 0.2) is 0 Å². The van der Waals surface area contributed by atoms with Crippen molar-refractivity contribution >= 4 is 5.91 Å².